The number of carbonyl (C=O) groups excluding carboxylic acids is 1. The van der Waals surface area contributed by atoms with Gasteiger partial charge in [0.25, 0.3) is 0 Å². The molecule has 0 saturated heterocycles. The highest BCUT2D eigenvalue weighted by molar-refractivity contribution is 5.96. The highest BCUT2D eigenvalue weighted by Gasteiger charge is 2.18. The number of fused-ring (bicyclic) bond motifs is 2. The van der Waals surface area contributed by atoms with E-state index >= 15 is 0 Å². The number of nitrogens with zero attached hydrogens (tertiary/aromatic N) is 6. The first kappa shape index (κ1) is 19.7. The highest BCUT2D eigenvalue weighted by atomic mass is 16.2. The maximum absolute atomic E-state index is 11.8. The number of pyridine rings is 2. The number of nitrogens with two attached hydrogens (primary N) is 1. The van der Waals surface area contributed by atoms with Crippen molar-refractivity contribution >= 4 is 46.3 Å². The Bertz CT molecular complexity index is 1330. The van der Waals surface area contributed by atoms with Crippen LogP contribution >= 0.6 is 0 Å². The van der Waals surface area contributed by atoms with Gasteiger partial charge in [-0.2, -0.15) is 5.10 Å². The van der Waals surface area contributed by atoms with Gasteiger partial charge < -0.3 is 16.4 Å². The molecule has 0 fully saturated rings. The van der Waals surface area contributed by atoms with Gasteiger partial charge in [-0.05, 0) is 36.9 Å². The Morgan fingerprint density at radius 3 is 2.91 bits per heavy atom. The van der Waals surface area contributed by atoms with Crippen LogP contribution in [0.4, 0.5) is 23.3 Å². The van der Waals surface area contributed by atoms with Gasteiger partial charge in [0.05, 0.1) is 5.70 Å². The predicted octanol–water partition coefficient (Wildman–Crippen LogP) is 2.48. The molecule has 0 saturated carbocycles. The number of hydrogen-bond donors (Lipinski definition) is 3. The van der Waals surface area contributed by atoms with E-state index in [4.69, 9.17) is 5.73 Å². The highest BCUT2D eigenvalue weighted by Crippen LogP contribution is 2.30. The Hall–Kier alpha value is -4.21. The van der Waals surface area contributed by atoms with E-state index < -0.39 is 0 Å². The lowest BCUT2D eigenvalue weighted by Gasteiger charge is -2.25. The van der Waals surface area contributed by atoms with Gasteiger partial charge in [-0.1, -0.05) is 6.58 Å². The average Bonchev–Trinajstić information content (AvgIpc) is 3.03. The van der Waals surface area contributed by atoms with Crippen molar-refractivity contribution in [3.63, 3.8) is 0 Å². The molecule has 2 aliphatic rings. The van der Waals surface area contributed by atoms with Crippen molar-refractivity contribution in [2.24, 2.45) is 4.99 Å². The van der Waals surface area contributed by atoms with Crippen molar-refractivity contribution in [2.75, 3.05) is 22.5 Å². The van der Waals surface area contributed by atoms with Crippen LogP contribution in [-0.2, 0) is 17.8 Å². The average molecular weight is 429 g/mol. The summed E-state index contributed by atoms with van der Waals surface area (Å²) in [4.78, 5) is 27.0. The Morgan fingerprint density at radius 2 is 2.06 bits per heavy atom. The molecule has 10 heteroatoms. The first-order chi connectivity index (χ1) is 15.4. The molecule has 32 heavy (non-hydrogen) atoms. The van der Waals surface area contributed by atoms with Gasteiger partial charge in [-0.15, -0.1) is 0 Å². The van der Waals surface area contributed by atoms with Crippen LogP contribution in [0.5, 0.6) is 0 Å². The summed E-state index contributed by atoms with van der Waals surface area (Å²) in [6.07, 6.45) is 4.12. The van der Waals surface area contributed by atoms with Crippen LogP contribution in [0.3, 0.4) is 0 Å². The number of amides is 1. The first-order valence-electron chi connectivity index (χ1n) is 10.3. The summed E-state index contributed by atoms with van der Waals surface area (Å²) in [5.74, 6) is 2.28. The van der Waals surface area contributed by atoms with Crippen LogP contribution in [0.2, 0.25) is 0 Å². The summed E-state index contributed by atoms with van der Waals surface area (Å²) in [5.41, 5.74) is 9.96. The van der Waals surface area contributed by atoms with E-state index in [0.29, 0.717) is 29.8 Å². The topological polar surface area (TPSA) is 126 Å². The number of aromatic nitrogens is 4. The van der Waals surface area contributed by atoms with E-state index in [0.717, 1.165) is 39.9 Å². The molecular formula is C22H23N9O. The Morgan fingerprint density at radius 1 is 1.22 bits per heavy atom. The number of anilines is 4. The van der Waals surface area contributed by atoms with Crippen molar-refractivity contribution in [1.82, 2.24) is 25.1 Å². The van der Waals surface area contributed by atoms with Gasteiger partial charge in [0.2, 0.25) is 5.91 Å². The van der Waals surface area contributed by atoms with Crippen molar-refractivity contribution in [2.45, 2.75) is 26.8 Å². The van der Waals surface area contributed by atoms with E-state index in [2.05, 4.69) is 37.3 Å². The van der Waals surface area contributed by atoms with Gasteiger partial charge in [-0.25, -0.2) is 15.0 Å². The van der Waals surface area contributed by atoms with Crippen molar-refractivity contribution in [1.29, 1.82) is 0 Å². The number of nitrogen functional groups attached to an aromatic ring is 1. The minimum absolute atomic E-state index is 0.0397. The number of allylic oxidation sites excluding steroid dienone is 2. The molecule has 3 aromatic heterocycles. The summed E-state index contributed by atoms with van der Waals surface area (Å²) in [6, 6.07) is 5.79. The fraction of sp³-hybridized carbons (Fsp3) is 0.227. The number of rotatable bonds is 3. The van der Waals surface area contributed by atoms with Crippen LogP contribution in [-0.4, -0.2) is 38.5 Å². The second-order valence-electron chi connectivity index (χ2n) is 7.83. The minimum Gasteiger partial charge on any atom is -0.383 e. The number of hydrogen-bond acceptors (Lipinski definition) is 8. The molecule has 10 nitrogen and oxygen atoms in total. The van der Waals surface area contributed by atoms with Gasteiger partial charge in [0, 0.05) is 42.0 Å². The molecule has 5 rings (SSSR count). The Kier molecular flexibility index (Phi) is 4.62. The smallest absolute Gasteiger partial charge is 0.241 e. The van der Waals surface area contributed by atoms with Crippen LogP contribution in [0, 0.1) is 0 Å². The zero-order valence-electron chi connectivity index (χ0n) is 17.9. The van der Waals surface area contributed by atoms with Crippen molar-refractivity contribution in [3.05, 3.63) is 53.6 Å². The normalized spacial score (nSPS) is 16.2. The monoisotopic (exact) mass is 429 g/mol. The lowest BCUT2D eigenvalue weighted by atomic mass is 10.1. The predicted molar refractivity (Wildman–Crippen MR) is 125 cm³/mol. The lowest BCUT2D eigenvalue weighted by Crippen LogP contribution is -2.25. The number of aliphatic imine (C=N–C) groups is 1. The van der Waals surface area contributed by atoms with Crippen molar-refractivity contribution < 1.29 is 4.79 Å². The van der Waals surface area contributed by atoms with E-state index in [9.17, 15) is 4.79 Å². The molecule has 0 unspecified atom stereocenters. The number of carbonyl (C=O) groups is 1. The third-order valence-electron chi connectivity index (χ3n) is 5.76. The minimum atomic E-state index is -0.0397. The lowest BCUT2D eigenvalue weighted by molar-refractivity contribution is -0.121. The number of nitrogens with one attached hydrogen (secondary N) is 2. The summed E-state index contributed by atoms with van der Waals surface area (Å²) in [7, 11) is 0. The van der Waals surface area contributed by atoms with E-state index in [1.165, 1.54) is 0 Å². The summed E-state index contributed by atoms with van der Waals surface area (Å²) in [6.45, 7) is 8.75. The summed E-state index contributed by atoms with van der Waals surface area (Å²) in [5, 5.41) is 12.2. The molecule has 0 aliphatic carbocycles. The van der Waals surface area contributed by atoms with Gasteiger partial charge >= 0.3 is 0 Å². The molecule has 4 N–H and O–H groups in total. The molecule has 1 amide bonds. The zero-order valence-corrected chi connectivity index (χ0v) is 17.9. The first-order valence-corrected chi connectivity index (χ1v) is 10.3. The molecule has 162 valence electrons. The van der Waals surface area contributed by atoms with Gasteiger partial charge in [0.15, 0.2) is 5.82 Å². The largest absolute Gasteiger partial charge is 0.383 e. The second-order valence-corrected chi connectivity index (χ2v) is 7.83. The Balaban J connectivity index is 1.48. The van der Waals surface area contributed by atoms with Gasteiger partial charge in [-0.3, -0.25) is 14.4 Å². The third-order valence-corrected chi connectivity index (χ3v) is 5.76. The van der Waals surface area contributed by atoms with Crippen LogP contribution in [0.15, 0.2) is 52.9 Å². The summed E-state index contributed by atoms with van der Waals surface area (Å²) >= 11 is 0. The molecule has 0 radical (unpaired) electrons. The standard InChI is InChI=1S/C22H23N9O/c1-12-13(2)26-11-30(14(12)3)20-7-15-6-18(25-9-17(15)22(23)28-20)27-19-8-16-4-5-24-21(32)10-31(16)29-19/h6-9,11H,2,4-5,10H2,1,3H3,(H2,23,28)(H,24,32)(H,25,27,29). The second kappa shape index (κ2) is 7.49. The quantitative estimate of drug-likeness (QED) is 0.584. The van der Waals surface area contributed by atoms with Crippen LogP contribution in [0.1, 0.15) is 19.5 Å². The fourth-order valence-corrected chi connectivity index (χ4v) is 3.79. The molecule has 5 heterocycles. The molecule has 0 aromatic carbocycles. The molecule has 0 spiro atoms. The maximum Gasteiger partial charge on any atom is 0.241 e. The van der Waals surface area contributed by atoms with E-state index in [1.54, 1.807) is 17.2 Å². The summed E-state index contributed by atoms with van der Waals surface area (Å²) < 4.78 is 1.72. The third kappa shape index (κ3) is 3.45. The van der Waals surface area contributed by atoms with Crippen LogP contribution in [0.25, 0.3) is 10.8 Å². The van der Waals surface area contributed by atoms with E-state index in [-0.39, 0.29) is 12.5 Å². The molecule has 0 atom stereocenters. The van der Waals surface area contributed by atoms with Crippen molar-refractivity contribution in [3.8, 4) is 0 Å². The molecule has 3 aromatic rings. The fourth-order valence-electron chi connectivity index (χ4n) is 3.79. The molecule has 2 aliphatic heterocycles. The zero-order chi connectivity index (χ0) is 22.4. The molecular weight excluding hydrogens is 406 g/mol. The van der Waals surface area contributed by atoms with E-state index in [1.807, 2.05) is 36.9 Å². The Labute approximate surface area is 184 Å². The van der Waals surface area contributed by atoms with Crippen LogP contribution < -0.4 is 21.3 Å². The SMILES string of the molecule is C=C1N=CN(c2cc3cc(Nc4cc5n(n4)CC(=O)NCC5)ncc3c(N)n2)C(C)=C1C. The molecule has 0 bridgehead atoms. The van der Waals surface area contributed by atoms with Gasteiger partial charge in [0.1, 0.15) is 30.3 Å². The maximum atomic E-state index is 11.8.